The highest BCUT2D eigenvalue weighted by Gasteiger charge is 2.28. The molecule has 1 aliphatic heterocycles. The van der Waals surface area contributed by atoms with Gasteiger partial charge in [-0.3, -0.25) is 14.5 Å². The first-order chi connectivity index (χ1) is 11.2. The number of amides is 1. The Labute approximate surface area is 138 Å². The largest absolute Gasteiger partial charge is 0.372 e. The first-order valence-corrected chi connectivity index (χ1v) is 7.61. The molecule has 1 atom stereocenters. The highest BCUT2D eigenvalue weighted by Crippen LogP contribution is 2.25. The molecule has 23 heavy (non-hydrogen) atoms. The van der Waals surface area contributed by atoms with Crippen molar-refractivity contribution in [3.63, 3.8) is 0 Å². The van der Waals surface area contributed by atoms with Gasteiger partial charge in [-0.25, -0.2) is 4.98 Å². The molecule has 0 radical (unpaired) electrons. The predicted molar refractivity (Wildman–Crippen MR) is 84.1 cm³/mol. The van der Waals surface area contributed by atoms with Crippen LogP contribution in [0, 0.1) is 0 Å². The van der Waals surface area contributed by atoms with Gasteiger partial charge in [0, 0.05) is 32.2 Å². The summed E-state index contributed by atoms with van der Waals surface area (Å²) < 4.78 is 7.29. The standard InChI is InChI=1S/C14H17ClN6O2/c1-16-14-13(17-2-3-18-14)11-8-20(4-5-23-11)12(22)9-21-7-10(15)6-19-21/h2-3,6-7,11H,4-5,8-9H2,1H3,(H,16,18)/t11-/m1/s1. The molecular weight excluding hydrogens is 320 g/mol. The van der Waals surface area contributed by atoms with Crippen molar-refractivity contribution in [2.24, 2.45) is 0 Å². The molecule has 0 aliphatic carbocycles. The maximum absolute atomic E-state index is 12.4. The minimum Gasteiger partial charge on any atom is -0.372 e. The maximum Gasteiger partial charge on any atom is 0.244 e. The summed E-state index contributed by atoms with van der Waals surface area (Å²) in [6.45, 7) is 1.58. The van der Waals surface area contributed by atoms with Crippen LogP contribution < -0.4 is 5.32 Å². The van der Waals surface area contributed by atoms with Gasteiger partial charge in [-0.15, -0.1) is 0 Å². The quantitative estimate of drug-likeness (QED) is 0.895. The number of nitrogens with one attached hydrogen (secondary N) is 1. The van der Waals surface area contributed by atoms with Crippen LogP contribution in [0.1, 0.15) is 11.8 Å². The van der Waals surface area contributed by atoms with Crippen molar-refractivity contribution < 1.29 is 9.53 Å². The Morgan fingerprint density at radius 3 is 3.04 bits per heavy atom. The number of carbonyl (C=O) groups is 1. The Kier molecular flexibility index (Phi) is 4.73. The highest BCUT2D eigenvalue weighted by atomic mass is 35.5. The van der Waals surface area contributed by atoms with E-state index < -0.39 is 0 Å². The number of nitrogens with zero attached hydrogens (tertiary/aromatic N) is 5. The monoisotopic (exact) mass is 336 g/mol. The van der Waals surface area contributed by atoms with E-state index in [0.29, 0.717) is 36.2 Å². The predicted octanol–water partition coefficient (Wildman–Crippen LogP) is 0.968. The number of hydrogen-bond donors (Lipinski definition) is 1. The molecule has 3 heterocycles. The second-order valence-corrected chi connectivity index (χ2v) is 5.53. The molecule has 0 aromatic carbocycles. The molecule has 1 aliphatic rings. The lowest BCUT2D eigenvalue weighted by molar-refractivity contribution is -0.140. The average Bonchev–Trinajstić information content (AvgIpc) is 2.99. The van der Waals surface area contributed by atoms with E-state index in [9.17, 15) is 4.79 Å². The van der Waals surface area contributed by atoms with Crippen molar-refractivity contribution in [1.29, 1.82) is 0 Å². The van der Waals surface area contributed by atoms with E-state index in [-0.39, 0.29) is 18.6 Å². The van der Waals surface area contributed by atoms with E-state index in [0.717, 1.165) is 0 Å². The van der Waals surface area contributed by atoms with Gasteiger partial charge in [-0.2, -0.15) is 5.10 Å². The second-order valence-electron chi connectivity index (χ2n) is 5.10. The Morgan fingerprint density at radius 1 is 1.48 bits per heavy atom. The molecule has 2 aromatic rings. The summed E-state index contributed by atoms with van der Waals surface area (Å²) in [6, 6.07) is 0. The Balaban J connectivity index is 1.69. The number of carbonyl (C=O) groups excluding carboxylic acids is 1. The molecule has 0 spiro atoms. The normalized spacial score (nSPS) is 18.0. The van der Waals surface area contributed by atoms with Crippen molar-refractivity contribution in [1.82, 2.24) is 24.6 Å². The summed E-state index contributed by atoms with van der Waals surface area (Å²) in [6.07, 6.45) is 6.06. The van der Waals surface area contributed by atoms with Gasteiger partial charge in [0.2, 0.25) is 5.91 Å². The lowest BCUT2D eigenvalue weighted by Crippen LogP contribution is -2.44. The maximum atomic E-state index is 12.4. The number of halogens is 1. The van der Waals surface area contributed by atoms with Crippen molar-refractivity contribution in [2.45, 2.75) is 12.6 Å². The van der Waals surface area contributed by atoms with Gasteiger partial charge >= 0.3 is 0 Å². The summed E-state index contributed by atoms with van der Waals surface area (Å²) in [5, 5.41) is 7.53. The minimum atomic E-state index is -0.301. The van der Waals surface area contributed by atoms with E-state index >= 15 is 0 Å². The lowest BCUT2D eigenvalue weighted by Gasteiger charge is -2.33. The number of ether oxygens (including phenoxy) is 1. The summed E-state index contributed by atoms with van der Waals surface area (Å²) in [4.78, 5) is 22.7. The van der Waals surface area contributed by atoms with Crippen LogP contribution >= 0.6 is 11.6 Å². The van der Waals surface area contributed by atoms with Crippen LogP contribution in [0.5, 0.6) is 0 Å². The Bertz CT molecular complexity index is 691. The third kappa shape index (κ3) is 3.59. The molecule has 1 saturated heterocycles. The van der Waals surface area contributed by atoms with Crippen LogP contribution in [0.25, 0.3) is 0 Å². The Morgan fingerprint density at radius 2 is 2.30 bits per heavy atom. The van der Waals surface area contributed by atoms with Gasteiger partial charge in [-0.1, -0.05) is 11.6 Å². The van der Waals surface area contributed by atoms with Gasteiger partial charge in [0.1, 0.15) is 24.2 Å². The zero-order chi connectivity index (χ0) is 16.2. The van der Waals surface area contributed by atoms with E-state index in [1.54, 1.807) is 30.5 Å². The van der Waals surface area contributed by atoms with Gasteiger partial charge in [0.25, 0.3) is 0 Å². The number of rotatable bonds is 4. The van der Waals surface area contributed by atoms with Gasteiger partial charge in [0.15, 0.2) is 0 Å². The molecule has 1 N–H and O–H groups in total. The van der Waals surface area contributed by atoms with E-state index in [2.05, 4.69) is 20.4 Å². The molecule has 0 saturated carbocycles. The molecule has 0 bridgehead atoms. The van der Waals surface area contributed by atoms with E-state index in [4.69, 9.17) is 16.3 Å². The third-order valence-corrected chi connectivity index (χ3v) is 3.78. The molecule has 3 rings (SSSR count). The molecule has 8 nitrogen and oxygen atoms in total. The smallest absolute Gasteiger partial charge is 0.244 e. The van der Waals surface area contributed by atoms with Crippen molar-refractivity contribution in [3.05, 3.63) is 35.5 Å². The molecule has 9 heteroatoms. The summed E-state index contributed by atoms with van der Waals surface area (Å²) in [7, 11) is 1.78. The number of morpholine rings is 1. The summed E-state index contributed by atoms with van der Waals surface area (Å²) >= 11 is 5.82. The van der Waals surface area contributed by atoms with Crippen LogP contribution in [0.2, 0.25) is 5.02 Å². The van der Waals surface area contributed by atoms with Crippen LogP contribution in [0.4, 0.5) is 5.82 Å². The fraction of sp³-hybridized carbons (Fsp3) is 0.429. The number of aromatic nitrogens is 4. The minimum absolute atomic E-state index is 0.0343. The molecule has 122 valence electrons. The average molecular weight is 337 g/mol. The highest BCUT2D eigenvalue weighted by molar-refractivity contribution is 6.30. The van der Waals surface area contributed by atoms with Crippen molar-refractivity contribution >= 4 is 23.3 Å². The van der Waals surface area contributed by atoms with Crippen LogP contribution in [-0.2, 0) is 16.1 Å². The molecule has 0 unspecified atom stereocenters. The Hall–Kier alpha value is -2.19. The molecule has 1 amide bonds. The SMILES string of the molecule is CNc1nccnc1[C@H]1CN(C(=O)Cn2cc(Cl)cn2)CCO1. The zero-order valence-corrected chi connectivity index (χ0v) is 13.4. The van der Waals surface area contributed by atoms with Crippen LogP contribution in [-0.4, -0.2) is 57.3 Å². The van der Waals surface area contributed by atoms with E-state index in [1.807, 2.05) is 0 Å². The fourth-order valence-electron chi connectivity index (χ4n) is 2.48. The summed E-state index contributed by atoms with van der Waals surface area (Å²) in [5.41, 5.74) is 0.703. The fourth-order valence-corrected chi connectivity index (χ4v) is 2.64. The lowest BCUT2D eigenvalue weighted by atomic mass is 10.2. The molecule has 1 fully saturated rings. The van der Waals surface area contributed by atoms with Crippen LogP contribution in [0.15, 0.2) is 24.8 Å². The summed E-state index contributed by atoms with van der Waals surface area (Å²) in [5.74, 6) is 0.624. The topological polar surface area (TPSA) is 85.2 Å². The first kappa shape index (κ1) is 15.7. The van der Waals surface area contributed by atoms with Gasteiger partial charge in [-0.05, 0) is 0 Å². The van der Waals surface area contributed by atoms with Gasteiger partial charge < -0.3 is 15.0 Å². The second kappa shape index (κ2) is 6.93. The van der Waals surface area contributed by atoms with Crippen molar-refractivity contribution in [2.75, 3.05) is 32.1 Å². The van der Waals surface area contributed by atoms with Crippen molar-refractivity contribution in [3.8, 4) is 0 Å². The third-order valence-electron chi connectivity index (χ3n) is 3.59. The van der Waals surface area contributed by atoms with Gasteiger partial charge in [0.05, 0.1) is 24.4 Å². The number of anilines is 1. The molecule has 2 aromatic heterocycles. The molecular formula is C14H17ClN6O2. The van der Waals surface area contributed by atoms with Crippen LogP contribution in [0.3, 0.4) is 0 Å². The zero-order valence-electron chi connectivity index (χ0n) is 12.6. The number of hydrogen-bond acceptors (Lipinski definition) is 6. The first-order valence-electron chi connectivity index (χ1n) is 7.23. The van der Waals surface area contributed by atoms with E-state index in [1.165, 1.54) is 10.9 Å².